The van der Waals surface area contributed by atoms with Crippen LogP contribution in [0.2, 0.25) is 0 Å². The van der Waals surface area contributed by atoms with Crippen LogP contribution in [-0.2, 0) is 0 Å². The summed E-state index contributed by atoms with van der Waals surface area (Å²) in [6.07, 6.45) is 4.33. The van der Waals surface area contributed by atoms with Crippen LogP contribution in [-0.4, -0.2) is 27.2 Å². The van der Waals surface area contributed by atoms with E-state index in [1.54, 1.807) is 11.8 Å². The first-order valence-corrected chi connectivity index (χ1v) is 10.2. The van der Waals surface area contributed by atoms with E-state index in [0.717, 1.165) is 29.8 Å². The Bertz CT molecular complexity index is 838. The Morgan fingerprint density at radius 1 is 1.27 bits per heavy atom. The van der Waals surface area contributed by atoms with Gasteiger partial charge in [-0.2, -0.15) is 4.98 Å². The van der Waals surface area contributed by atoms with Gasteiger partial charge in [0.2, 0.25) is 11.0 Å². The van der Waals surface area contributed by atoms with Crippen molar-refractivity contribution in [2.75, 3.05) is 11.1 Å². The first-order chi connectivity index (χ1) is 12.7. The smallest absolute Gasteiger partial charge is 0.247 e. The SMILES string of the molecule is CCSc1nnc2c(n1)O[C@H]([C@@H]1CC=C(C)C[C@@H]1C)Nc1ccccc1-2. The molecule has 136 valence electrons. The minimum absolute atomic E-state index is 0.132. The number of rotatable bonds is 3. The Balaban J connectivity index is 1.75. The van der Waals surface area contributed by atoms with Crippen molar-refractivity contribution in [3.05, 3.63) is 35.9 Å². The molecule has 4 rings (SSSR count). The molecular formula is C20H24N4OS. The van der Waals surface area contributed by atoms with Gasteiger partial charge in [-0.15, -0.1) is 10.2 Å². The summed E-state index contributed by atoms with van der Waals surface area (Å²) in [5, 5.41) is 13.0. The molecule has 0 saturated heterocycles. The lowest BCUT2D eigenvalue weighted by Crippen LogP contribution is -2.39. The molecule has 1 aliphatic carbocycles. The summed E-state index contributed by atoms with van der Waals surface area (Å²) in [7, 11) is 0. The lowest BCUT2D eigenvalue weighted by Gasteiger charge is -2.34. The van der Waals surface area contributed by atoms with E-state index in [1.165, 1.54) is 5.57 Å². The van der Waals surface area contributed by atoms with Gasteiger partial charge < -0.3 is 10.1 Å². The highest BCUT2D eigenvalue weighted by Gasteiger charge is 2.34. The zero-order valence-corrected chi connectivity index (χ0v) is 16.2. The predicted molar refractivity (Wildman–Crippen MR) is 105 cm³/mol. The first kappa shape index (κ1) is 17.3. The van der Waals surface area contributed by atoms with Crippen LogP contribution in [0.5, 0.6) is 5.88 Å². The number of anilines is 1. The molecule has 26 heavy (non-hydrogen) atoms. The van der Waals surface area contributed by atoms with Crippen molar-refractivity contribution in [1.29, 1.82) is 0 Å². The van der Waals surface area contributed by atoms with Gasteiger partial charge in [-0.1, -0.05) is 55.5 Å². The summed E-state index contributed by atoms with van der Waals surface area (Å²) < 4.78 is 6.40. The minimum atomic E-state index is -0.132. The molecule has 2 aliphatic rings. The number of nitrogens with one attached hydrogen (secondary N) is 1. The monoisotopic (exact) mass is 368 g/mol. The topological polar surface area (TPSA) is 59.9 Å². The molecule has 2 heterocycles. The molecule has 0 spiro atoms. The number of aromatic nitrogens is 3. The van der Waals surface area contributed by atoms with E-state index in [2.05, 4.69) is 53.4 Å². The summed E-state index contributed by atoms with van der Waals surface area (Å²) in [6, 6.07) is 8.16. The Morgan fingerprint density at radius 3 is 2.92 bits per heavy atom. The zero-order valence-electron chi connectivity index (χ0n) is 15.4. The van der Waals surface area contributed by atoms with E-state index >= 15 is 0 Å². The van der Waals surface area contributed by atoms with E-state index in [9.17, 15) is 0 Å². The highest BCUT2D eigenvalue weighted by atomic mass is 32.2. The molecule has 1 aromatic carbocycles. The van der Waals surface area contributed by atoms with Crippen LogP contribution in [0, 0.1) is 11.8 Å². The molecule has 0 amide bonds. The summed E-state index contributed by atoms with van der Waals surface area (Å²) in [6.45, 7) is 6.60. The molecule has 0 fully saturated rings. The van der Waals surface area contributed by atoms with Gasteiger partial charge in [-0.05, 0) is 37.5 Å². The summed E-state index contributed by atoms with van der Waals surface area (Å²) in [5.41, 5.74) is 4.20. The number of nitrogens with zero attached hydrogens (tertiary/aromatic N) is 3. The number of ether oxygens (including phenoxy) is 1. The Labute approximate surface area is 158 Å². The second-order valence-electron chi connectivity index (χ2n) is 7.04. The molecule has 3 atom stereocenters. The van der Waals surface area contributed by atoms with E-state index in [0.29, 0.717) is 28.6 Å². The van der Waals surface area contributed by atoms with Crippen LogP contribution in [0.3, 0.4) is 0 Å². The summed E-state index contributed by atoms with van der Waals surface area (Å²) in [5.74, 6) is 2.42. The molecule has 0 radical (unpaired) electrons. The van der Waals surface area contributed by atoms with Crippen molar-refractivity contribution < 1.29 is 4.74 Å². The first-order valence-electron chi connectivity index (χ1n) is 9.21. The standard InChI is InChI=1S/C20H24N4OS/c1-4-26-20-22-19-17(23-24-20)15-7-5-6-8-16(15)21-18(25-19)14-10-9-12(2)11-13(14)3/h5-9,13-14,18,21H,4,10-11H2,1-3H3/t13-,14+,18+/m0/s1. The lowest BCUT2D eigenvalue weighted by atomic mass is 9.80. The fourth-order valence-corrected chi connectivity index (χ4v) is 4.29. The number of fused-ring (bicyclic) bond motifs is 3. The average Bonchev–Trinajstić information content (AvgIpc) is 2.78. The van der Waals surface area contributed by atoms with E-state index < -0.39 is 0 Å². The molecule has 2 aromatic rings. The van der Waals surface area contributed by atoms with Crippen molar-refractivity contribution >= 4 is 17.4 Å². The van der Waals surface area contributed by atoms with Crippen LogP contribution >= 0.6 is 11.8 Å². The van der Waals surface area contributed by atoms with Crippen molar-refractivity contribution in [1.82, 2.24) is 15.2 Å². The van der Waals surface area contributed by atoms with Gasteiger partial charge in [0, 0.05) is 17.2 Å². The van der Waals surface area contributed by atoms with Gasteiger partial charge in [0.05, 0.1) is 0 Å². The van der Waals surface area contributed by atoms with Crippen molar-refractivity contribution in [2.24, 2.45) is 11.8 Å². The van der Waals surface area contributed by atoms with Crippen molar-refractivity contribution in [2.45, 2.75) is 45.0 Å². The fraction of sp³-hybridized carbons (Fsp3) is 0.450. The Morgan fingerprint density at radius 2 is 2.12 bits per heavy atom. The fourth-order valence-electron chi connectivity index (χ4n) is 3.79. The maximum Gasteiger partial charge on any atom is 0.247 e. The number of benzene rings is 1. The van der Waals surface area contributed by atoms with Crippen LogP contribution in [0.15, 0.2) is 41.1 Å². The van der Waals surface area contributed by atoms with Gasteiger partial charge >= 0.3 is 0 Å². The van der Waals surface area contributed by atoms with Gasteiger partial charge in [0.25, 0.3) is 0 Å². The van der Waals surface area contributed by atoms with Crippen molar-refractivity contribution in [3.8, 4) is 17.1 Å². The Kier molecular flexibility index (Phi) is 4.85. The second-order valence-corrected chi connectivity index (χ2v) is 8.27. The molecule has 0 bridgehead atoms. The third-order valence-electron chi connectivity index (χ3n) is 5.13. The lowest BCUT2D eigenvalue weighted by molar-refractivity contribution is 0.114. The third kappa shape index (κ3) is 3.30. The average molecular weight is 369 g/mol. The van der Waals surface area contributed by atoms with Gasteiger partial charge in [0.1, 0.15) is 0 Å². The zero-order chi connectivity index (χ0) is 18.1. The molecule has 1 aromatic heterocycles. The maximum atomic E-state index is 6.40. The largest absolute Gasteiger partial charge is 0.452 e. The molecule has 5 nitrogen and oxygen atoms in total. The summed E-state index contributed by atoms with van der Waals surface area (Å²) in [4.78, 5) is 4.66. The summed E-state index contributed by atoms with van der Waals surface area (Å²) >= 11 is 1.58. The number of allylic oxidation sites excluding steroid dienone is 2. The number of thioether (sulfide) groups is 1. The van der Waals surface area contributed by atoms with Crippen molar-refractivity contribution in [3.63, 3.8) is 0 Å². The molecule has 6 heteroatoms. The van der Waals surface area contributed by atoms with Crippen LogP contribution in [0.4, 0.5) is 5.69 Å². The van der Waals surface area contributed by atoms with Gasteiger partial charge in [0.15, 0.2) is 11.9 Å². The van der Waals surface area contributed by atoms with Crippen LogP contribution in [0.25, 0.3) is 11.3 Å². The molecular weight excluding hydrogens is 344 g/mol. The number of hydrogen-bond acceptors (Lipinski definition) is 6. The normalized spacial score (nSPS) is 24.4. The van der Waals surface area contributed by atoms with E-state index in [1.807, 2.05) is 18.2 Å². The molecule has 0 unspecified atom stereocenters. The maximum absolute atomic E-state index is 6.40. The molecule has 1 aliphatic heterocycles. The number of para-hydroxylation sites is 1. The van der Waals surface area contributed by atoms with Crippen LogP contribution in [0.1, 0.15) is 33.6 Å². The quantitative estimate of drug-likeness (QED) is 0.622. The predicted octanol–water partition coefficient (Wildman–Crippen LogP) is 4.77. The minimum Gasteiger partial charge on any atom is -0.452 e. The Hall–Kier alpha value is -2.08. The highest BCUT2D eigenvalue weighted by molar-refractivity contribution is 7.99. The van der Waals surface area contributed by atoms with Gasteiger partial charge in [-0.3, -0.25) is 0 Å². The number of hydrogen-bond donors (Lipinski definition) is 1. The van der Waals surface area contributed by atoms with Crippen LogP contribution < -0.4 is 10.1 Å². The highest BCUT2D eigenvalue weighted by Crippen LogP contribution is 2.40. The molecule has 1 N–H and O–H groups in total. The molecule has 0 saturated carbocycles. The third-order valence-corrected chi connectivity index (χ3v) is 5.85. The van der Waals surface area contributed by atoms with E-state index in [-0.39, 0.29) is 6.23 Å². The second kappa shape index (κ2) is 7.27. The van der Waals surface area contributed by atoms with Gasteiger partial charge in [-0.25, -0.2) is 0 Å². The van der Waals surface area contributed by atoms with E-state index in [4.69, 9.17) is 4.74 Å².